The molecule has 0 bridgehead atoms. The van der Waals surface area contributed by atoms with Gasteiger partial charge >= 0.3 is 0 Å². The molecule has 1 aromatic carbocycles. The van der Waals surface area contributed by atoms with Crippen LogP contribution >= 0.6 is 11.6 Å². The van der Waals surface area contributed by atoms with E-state index in [0.717, 1.165) is 0 Å². The van der Waals surface area contributed by atoms with Crippen molar-refractivity contribution in [2.45, 2.75) is 6.29 Å². The fourth-order valence-corrected chi connectivity index (χ4v) is 2.40. The summed E-state index contributed by atoms with van der Waals surface area (Å²) in [5, 5.41) is 0.607. The van der Waals surface area contributed by atoms with Crippen molar-refractivity contribution in [1.82, 2.24) is 9.88 Å². The molecule has 3 rings (SSSR count). The van der Waals surface area contributed by atoms with Crippen molar-refractivity contribution in [2.24, 2.45) is 0 Å². The largest absolute Gasteiger partial charge is 0.438 e. The molecule has 1 saturated heterocycles. The van der Waals surface area contributed by atoms with Crippen molar-refractivity contribution in [3.8, 4) is 11.6 Å². The molecule has 1 aliphatic heterocycles. The number of hydrogen-bond acceptors (Lipinski definition) is 5. The van der Waals surface area contributed by atoms with Crippen molar-refractivity contribution in [2.75, 3.05) is 26.8 Å². The van der Waals surface area contributed by atoms with Gasteiger partial charge in [0.05, 0.1) is 19.8 Å². The minimum Gasteiger partial charge on any atom is -0.438 e. The van der Waals surface area contributed by atoms with E-state index in [2.05, 4.69) is 4.98 Å². The lowest BCUT2D eigenvalue weighted by Gasteiger charge is -2.21. The summed E-state index contributed by atoms with van der Waals surface area (Å²) >= 11 is 5.86. The summed E-state index contributed by atoms with van der Waals surface area (Å²) in [7, 11) is 1.69. The molecule has 0 unspecified atom stereocenters. The third kappa shape index (κ3) is 4.03. The van der Waals surface area contributed by atoms with Crippen LogP contribution < -0.4 is 4.74 Å². The Bertz CT molecular complexity index is 702. The lowest BCUT2D eigenvalue weighted by atomic mass is 10.2. The van der Waals surface area contributed by atoms with E-state index in [0.29, 0.717) is 36.1 Å². The van der Waals surface area contributed by atoms with Crippen molar-refractivity contribution in [1.29, 1.82) is 0 Å². The number of halogens is 1. The molecule has 6 nitrogen and oxygen atoms in total. The Morgan fingerprint density at radius 2 is 2.00 bits per heavy atom. The Labute approximate surface area is 144 Å². The van der Waals surface area contributed by atoms with Gasteiger partial charge in [0.25, 0.3) is 5.91 Å². The highest BCUT2D eigenvalue weighted by molar-refractivity contribution is 6.30. The summed E-state index contributed by atoms with van der Waals surface area (Å²) in [6.45, 7) is 1.43. The topological polar surface area (TPSA) is 60.9 Å². The van der Waals surface area contributed by atoms with Gasteiger partial charge in [-0.1, -0.05) is 11.6 Å². The van der Waals surface area contributed by atoms with Gasteiger partial charge in [-0.3, -0.25) is 4.79 Å². The Balaban J connectivity index is 1.74. The van der Waals surface area contributed by atoms with Crippen LogP contribution in [0.15, 0.2) is 42.6 Å². The number of likely N-dealkylation sites (N-methyl/N-ethyl adjacent to an activating group) is 1. The molecular formula is C17H17ClN2O4. The highest BCUT2D eigenvalue weighted by Crippen LogP contribution is 2.25. The molecule has 0 radical (unpaired) electrons. The maximum absolute atomic E-state index is 12.7. The smallest absolute Gasteiger partial charge is 0.259 e. The maximum atomic E-state index is 12.7. The zero-order valence-electron chi connectivity index (χ0n) is 13.1. The van der Waals surface area contributed by atoms with Gasteiger partial charge in [-0.15, -0.1) is 0 Å². The van der Waals surface area contributed by atoms with Gasteiger partial charge in [-0.25, -0.2) is 4.98 Å². The second-order valence-electron chi connectivity index (χ2n) is 5.27. The van der Waals surface area contributed by atoms with E-state index in [1.165, 1.54) is 4.90 Å². The van der Waals surface area contributed by atoms with Gasteiger partial charge < -0.3 is 19.1 Å². The monoisotopic (exact) mass is 348 g/mol. The van der Waals surface area contributed by atoms with E-state index in [1.54, 1.807) is 49.6 Å². The first-order valence-corrected chi connectivity index (χ1v) is 7.88. The van der Waals surface area contributed by atoms with Crippen molar-refractivity contribution >= 4 is 17.5 Å². The predicted octanol–water partition coefficient (Wildman–Crippen LogP) is 2.97. The minimum absolute atomic E-state index is 0.217. The molecule has 0 aliphatic carbocycles. The quantitative estimate of drug-likeness (QED) is 0.831. The van der Waals surface area contributed by atoms with Crippen LogP contribution in [0.4, 0.5) is 0 Å². The molecule has 7 heteroatoms. The van der Waals surface area contributed by atoms with Crippen LogP contribution in [0, 0.1) is 0 Å². The molecule has 2 aromatic rings. The molecule has 0 atom stereocenters. The van der Waals surface area contributed by atoms with E-state index in [4.69, 9.17) is 25.8 Å². The molecule has 24 heavy (non-hydrogen) atoms. The van der Waals surface area contributed by atoms with Gasteiger partial charge in [0.1, 0.15) is 11.3 Å². The normalized spacial score (nSPS) is 14.6. The number of hydrogen-bond donors (Lipinski definition) is 0. The lowest BCUT2D eigenvalue weighted by Crippen LogP contribution is -2.35. The van der Waals surface area contributed by atoms with Crippen molar-refractivity contribution in [3.05, 3.63) is 53.2 Å². The Kier molecular flexibility index (Phi) is 5.30. The number of ether oxygens (including phenoxy) is 3. The number of carbonyl (C=O) groups excluding carboxylic acids is 1. The van der Waals surface area contributed by atoms with E-state index >= 15 is 0 Å². The SMILES string of the molecule is CN(CC1OCCO1)C(=O)c1cccnc1Oc1ccc(Cl)cc1. The Morgan fingerprint density at radius 1 is 1.29 bits per heavy atom. The first kappa shape index (κ1) is 16.7. The Hall–Kier alpha value is -2.15. The fourth-order valence-electron chi connectivity index (χ4n) is 2.27. The molecule has 2 heterocycles. The summed E-state index contributed by atoms with van der Waals surface area (Å²) in [5.41, 5.74) is 0.368. The predicted molar refractivity (Wildman–Crippen MR) is 88.4 cm³/mol. The van der Waals surface area contributed by atoms with Crippen LogP contribution in [-0.4, -0.2) is 48.9 Å². The number of amides is 1. The summed E-state index contributed by atoms with van der Waals surface area (Å²) in [4.78, 5) is 18.4. The number of nitrogens with zero attached hydrogens (tertiary/aromatic N) is 2. The second kappa shape index (κ2) is 7.61. The molecule has 126 valence electrons. The molecule has 1 aromatic heterocycles. The standard InChI is InChI=1S/C17H17ClN2O4/c1-20(11-15-22-9-10-23-15)17(21)14-3-2-8-19-16(14)24-13-6-4-12(18)5-7-13/h2-8,15H,9-11H2,1H3. The zero-order valence-corrected chi connectivity index (χ0v) is 13.9. The van der Waals surface area contributed by atoms with E-state index < -0.39 is 6.29 Å². The zero-order chi connectivity index (χ0) is 16.9. The average Bonchev–Trinajstić information content (AvgIpc) is 3.10. The van der Waals surface area contributed by atoms with Crippen LogP contribution in [0.1, 0.15) is 10.4 Å². The van der Waals surface area contributed by atoms with Crippen LogP contribution in [0.25, 0.3) is 0 Å². The number of pyridine rings is 1. The van der Waals surface area contributed by atoms with Gasteiger partial charge in [0, 0.05) is 18.3 Å². The van der Waals surface area contributed by atoms with Crippen molar-refractivity contribution < 1.29 is 19.0 Å². The molecular weight excluding hydrogens is 332 g/mol. The number of rotatable bonds is 5. The highest BCUT2D eigenvalue weighted by atomic mass is 35.5. The third-order valence-corrected chi connectivity index (χ3v) is 3.74. The van der Waals surface area contributed by atoms with Gasteiger partial charge in [-0.05, 0) is 36.4 Å². The number of aromatic nitrogens is 1. The molecule has 1 fully saturated rings. The van der Waals surface area contributed by atoms with E-state index in [-0.39, 0.29) is 11.8 Å². The summed E-state index contributed by atoms with van der Waals surface area (Å²) in [5.74, 6) is 0.577. The highest BCUT2D eigenvalue weighted by Gasteiger charge is 2.23. The molecule has 1 amide bonds. The second-order valence-corrected chi connectivity index (χ2v) is 5.71. The minimum atomic E-state index is -0.392. The van der Waals surface area contributed by atoms with Crippen LogP contribution in [0.5, 0.6) is 11.6 Å². The maximum Gasteiger partial charge on any atom is 0.259 e. The first-order valence-electron chi connectivity index (χ1n) is 7.50. The molecule has 1 aliphatic rings. The lowest BCUT2D eigenvalue weighted by molar-refractivity contribution is -0.0543. The van der Waals surface area contributed by atoms with Gasteiger partial charge in [0.2, 0.25) is 5.88 Å². The van der Waals surface area contributed by atoms with Crippen LogP contribution in [-0.2, 0) is 9.47 Å². The average molecular weight is 349 g/mol. The van der Waals surface area contributed by atoms with Crippen LogP contribution in [0.2, 0.25) is 5.02 Å². The van der Waals surface area contributed by atoms with E-state index in [9.17, 15) is 4.79 Å². The molecule has 0 saturated carbocycles. The first-order chi connectivity index (χ1) is 11.6. The number of benzene rings is 1. The van der Waals surface area contributed by atoms with Gasteiger partial charge in [-0.2, -0.15) is 0 Å². The van der Waals surface area contributed by atoms with E-state index in [1.807, 2.05) is 0 Å². The van der Waals surface area contributed by atoms with Crippen molar-refractivity contribution in [3.63, 3.8) is 0 Å². The van der Waals surface area contributed by atoms with Crippen LogP contribution in [0.3, 0.4) is 0 Å². The molecule has 0 N–H and O–H groups in total. The fraction of sp³-hybridized carbons (Fsp3) is 0.294. The van der Waals surface area contributed by atoms with Gasteiger partial charge in [0.15, 0.2) is 6.29 Å². The summed E-state index contributed by atoms with van der Waals surface area (Å²) in [6.07, 6.45) is 1.18. The third-order valence-electron chi connectivity index (χ3n) is 3.49. The summed E-state index contributed by atoms with van der Waals surface area (Å²) in [6, 6.07) is 10.2. The molecule has 0 spiro atoms. The summed E-state index contributed by atoms with van der Waals surface area (Å²) < 4.78 is 16.5. The Morgan fingerprint density at radius 3 is 2.71 bits per heavy atom. The number of carbonyl (C=O) groups is 1.